The van der Waals surface area contributed by atoms with Crippen molar-refractivity contribution in [3.05, 3.63) is 45.4 Å². The molecule has 0 saturated carbocycles. The summed E-state index contributed by atoms with van der Waals surface area (Å²) in [5.41, 5.74) is 1.76. The van der Waals surface area contributed by atoms with Gasteiger partial charge >= 0.3 is 6.03 Å². The van der Waals surface area contributed by atoms with Gasteiger partial charge in [-0.05, 0) is 37.0 Å². The topological polar surface area (TPSA) is 58.1 Å². The Hall–Kier alpha value is -1.66. The highest BCUT2D eigenvalue weighted by Crippen LogP contribution is 2.22. The van der Waals surface area contributed by atoms with Crippen LogP contribution in [0.5, 0.6) is 0 Å². The molecule has 2 rings (SSSR count). The van der Waals surface area contributed by atoms with E-state index in [0.29, 0.717) is 11.6 Å². The van der Waals surface area contributed by atoms with E-state index in [1.54, 1.807) is 11.9 Å². The van der Waals surface area contributed by atoms with E-state index in [1.807, 2.05) is 38.1 Å². The van der Waals surface area contributed by atoms with Crippen LogP contribution in [-0.2, 0) is 6.54 Å². The molecule has 1 aromatic heterocycles. The zero-order chi connectivity index (χ0) is 15.4. The smallest absolute Gasteiger partial charge is 0.317 e. The van der Waals surface area contributed by atoms with Gasteiger partial charge in [-0.2, -0.15) is 0 Å². The fourth-order valence-electron chi connectivity index (χ4n) is 1.88. The minimum Gasteiger partial charge on any atom is -0.331 e. The van der Waals surface area contributed by atoms with Gasteiger partial charge in [0, 0.05) is 12.1 Å². The Morgan fingerprint density at radius 1 is 1.48 bits per heavy atom. The molecule has 21 heavy (non-hydrogen) atoms. The molecular formula is C14H17ClN4OS. The highest BCUT2D eigenvalue weighted by atomic mass is 35.5. The number of aryl methyl sites for hydroxylation is 1. The predicted octanol–water partition coefficient (Wildman–Crippen LogP) is 3.40. The molecule has 0 radical (unpaired) electrons. The van der Waals surface area contributed by atoms with E-state index >= 15 is 0 Å². The molecule has 0 spiro atoms. The second-order valence-electron chi connectivity index (χ2n) is 4.83. The second kappa shape index (κ2) is 6.87. The van der Waals surface area contributed by atoms with Gasteiger partial charge in [-0.15, -0.1) is 5.10 Å². The van der Waals surface area contributed by atoms with Crippen LogP contribution in [0.2, 0.25) is 5.02 Å². The van der Waals surface area contributed by atoms with Crippen molar-refractivity contribution >= 4 is 29.2 Å². The number of carbonyl (C=O) groups is 1. The van der Waals surface area contributed by atoms with Gasteiger partial charge in [0.1, 0.15) is 0 Å². The Balaban J connectivity index is 1.98. The molecule has 1 N–H and O–H groups in total. The first-order valence-electron chi connectivity index (χ1n) is 6.53. The molecule has 1 unspecified atom stereocenters. The minimum atomic E-state index is -0.158. The first kappa shape index (κ1) is 15.7. The summed E-state index contributed by atoms with van der Waals surface area (Å²) in [6, 6.07) is 7.18. The van der Waals surface area contributed by atoms with Gasteiger partial charge in [0.2, 0.25) is 0 Å². The third kappa shape index (κ3) is 3.92. The lowest BCUT2D eigenvalue weighted by atomic mass is 10.1. The van der Waals surface area contributed by atoms with Gasteiger partial charge in [-0.25, -0.2) is 4.79 Å². The van der Waals surface area contributed by atoms with E-state index < -0.39 is 0 Å². The van der Waals surface area contributed by atoms with E-state index in [-0.39, 0.29) is 12.1 Å². The van der Waals surface area contributed by atoms with E-state index in [1.165, 1.54) is 11.5 Å². The summed E-state index contributed by atoms with van der Waals surface area (Å²) in [4.78, 5) is 14.8. The molecular weight excluding hydrogens is 308 g/mol. The normalized spacial score (nSPS) is 12.0. The quantitative estimate of drug-likeness (QED) is 0.937. The average Bonchev–Trinajstić information content (AvgIpc) is 2.84. The predicted molar refractivity (Wildman–Crippen MR) is 84.5 cm³/mol. The van der Waals surface area contributed by atoms with E-state index in [9.17, 15) is 4.79 Å². The van der Waals surface area contributed by atoms with Crippen molar-refractivity contribution < 1.29 is 4.79 Å². The lowest BCUT2D eigenvalue weighted by Gasteiger charge is -2.21. The van der Waals surface area contributed by atoms with E-state index in [2.05, 4.69) is 14.9 Å². The van der Waals surface area contributed by atoms with Crippen molar-refractivity contribution in [2.75, 3.05) is 7.05 Å². The molecule has 0 aliphatic heterocycles. The number of hydrogen-bond donors (Lipinski definition) is 1. The number of urea groups is 1. The summed E-state index contributed by atoms with van der Waals surface area (Å²) in [5.74, 6) is 0. The van der Waals surface area contributed by atoms with Crippen LogP contribution in [0.15, 0.2) is 24.3 Å². The Morgan fingerprint density at radius 3 is 2.81 bits per heavy atom. The third-order valence-electron chi connectivity index (χ3n) is 3.18. The van der Waals surface area contributed by atoms with Gasteiger partial charge in [0.05, 0.1) is 23.2 Å². The first-order chi connectivity index (χ1) is 9.99. The molecule has 0 aliphatic carbocycles. The van der Waals surface area contributed by atoms with Gasteiger partial charge in [-0.3, -0.25) is 0 Å². The van der Waals surface area contributed by atoms with E-state index in [4.69, 9.17) is 11.6 Å². The van der Waals surface area contributed by atoms with Crippen molar-refractivity contribution in [2.24, 2.45) is 0 Å². The number of nitrogens with zero attached hydrogens (tertiary/aromatic N) is 3. The summed E-state index contributed by atoms with van der Waals surface area (Å²) in [7, 11) is 1.74. The molecule has 0 saturated heterocycles. The van der Waals surface area contributed by atoms with Crippen molar-refractivity contribution in [1.82, 2.24) is 19.8 Å². The monoisotopic (exact) mass is 324 g/mol. The van der Waals surface area contributed by atoms with Gasteiger partial charge in [0.15, 0.2) is 0 Å². The van der Waals surface area contributed by atoms with Crippen molar-refractivity contribution in [3.63, 3.8) is 0 Å². The largest absolute Gasteiger partial charge is 0.331 e. The maximum atomic E-state index is 12.2. The fourth-order valence-corrected chi connectivity index (χ4v) is 2.87. The van der Waals surface area contributed by atoms with E-state index in [0.717, 1.165) is 16.1 Å². The van der Waals surface area contributed by atoms with Gasteiger partial charge < -0.3 is 10.2 Å². The Morgan fingerprint density at radius 2 is 2.19 bits per heavy atom. The SMILES string of the molecule is Cc1nnsc1CN(C)C(=O)NC(C)c1ccccc1Cl. The number of rotatable bonds is 4. The van der Waals surface area contributed by atoms with Crippen molar-refractivity contribution in [2.45, 2.75) is 26.4 Å². The summed E-state index contributed by atoms with van der Waals surface area (Å²) in [6.07, 6.45) is 0. The van der Waals surface area contributed by atoms with Gasteiger partial charge in [-0.1, -0.05) is 34.3 Å². The lowest BCUT2D eigenvalue weighted by molar-refractivity contribution is 0.204. The summed E-state index contributed by atoms with van der Waals surface area (Å²) >= 11 is 7.45. The first-order valence-corrected chi connectivity index (χ1v) is 7.68. The second-order valence-corrected chi connectivity index (χ2v) is 6.08. The molecule has 1 heterocycles. The molecule has 0 aliphatic rings. The van der Waals surface area contributed by atoms with Crippen LogP contribution in [0.4, 0.5) is 4.79 Å². The van der Waals surface area contributed by atoms with Crippen LogP contribution in [0.1, 0.15) is 29.1 Å². The fraction of sp³-hybridized carbons (Fsp3) is 0.357. The highest BCUT2D eigenvalue weighted by molar-refractivity contribution is 7.05. The number of amides is 2. The standard InChI is InChI=1S/C14H17ClN4OS/c1-9(11-6-4-5-7-12(11)15)16-14(20)19(3)8-13-10(2)17-18-21-13/h4-7,9H,8H2,1-3H3,(H,16,20). The van der Waals surface area contributed by atoms with Crippen LogP contribution < -0.4 is 5.32 Å². The summed E-state index contributed by atoms with van der Waals surface area (Å²) in [5, 5.41) is 7.53. The Labute approximate surface area is 133 Å². The Kier molecular flexibility index (Phi) is 5.14. The molecule has 2 amide bonds. The molecule has 1 aromatic carbocycles. The van der Waals surface area contributed by atoms with Crippen LogP contribution in [0.3, 0.4) is 0 Å². The van der Waals surface area contributed by atoms with Crippen LogP contribution in [-0.4, -0.2) is 27.6 Å². The van der Waals surface area contributed by atoms with Crippen LogP contribution >= 0.6 is 23.1 Å². The average molecular weight is 325 g/mol. The Bertz CT molecular complexity index is 631. The minimum absolute atomic E-state index is 0.157. The molecule has 2 aromatic rings. The summed E-state index contributed by atoms with van der Waals surface area (Å²) < 4.78 is 3.87. The van der Waals surface area contributed by atoms with Gasteiger partial charge in [0.25, 0.3) is 0 Å². The molecule has 112 valence electrons. The molecule has 7 heteroatoms. The third-order valence-corrected chi connectivity index (χ3v) is 4.34. The number of halogens is 1. The molecule has 1 atom stereocenters. The number of hydrogen-bond acceptors (Lipinski definition) is 4. The molecule has 5 nitrogen and oxygen atoms in total. The van der Waals surface area contributed by atoms with Crippen LogP contribution in [0, 0.1) is 6.92 Å². The van der Waals surface area contributed by atoms with Crippen LogP contribution in [0.25, 0.3) is 0 Å². The number of benzene rings is 1. The number of aromatic nitrogens is 2. The summed E-state index contributed by atoms with van der Waals surface area (Å²) in [6.45, 7) is 4.29. The number of carbonyl (C=O) groups excluding carboxylic acids is 1. The van der Waals surface area contributed by atoms with Crippen molar-refractivity contribution in [1.29, 1.82) is 0 Å². The molecule has 0 bridgehead atoms. The zero-order valence-electron chi connectivity index (χ0n) is 12.1. The maximum absolute atomic E-state index is 12.2. The molecule has 0 fully saturated rings. The lowest BCUT2D eigenvalue weighted by Crippen LogP contribution is -2.38. The zero-order valence-corrected chi connectivity index (χ0v) is 13.7. The number of nitrogens with one attached hydrogen (secondary N) is 1. The van der Waals surface area contributed by atoms with Crippen molar-refractivity contribution in [3.8, 4) is 0 Å². The highest BCUT2D eigenvalue weighted by Gasteiger charge is 2.16. The maximum Gasteiger partial charge on any atom is 0.317 e.